The van der Waals surface area contributed by atoms with Crippen LogP contribution in [0.2, 0.25) is 10.0 Å². The standard InChI is InChI=1S/C34H35Cl2F6N5O3/c1-2-50-27-17-22(34(40,41)42)7-12-26(27)33(31(49)47(25-13-15-43-16-14-25)18-28(48)44-19-32(37,38)39)45-29(20-3-8-23(35)9-4-20)30(46-33)21-5-10-24(36)11-6-21/h3-12,17,25,29-30,43,45-46H,2,13-16,18-19H2,1H3,(H,44,48). The zero-order valence-electron chi connectivity index (χ0n) is 26.7. The Kier molecular flexibility index (Phi) is 11.6. The zero-order chi connectivity index (χ0) is 36.3. The molecule has 3 aromatic carbocycles. The molecule has 0 saturated carbocycles. The largest absolute Gasteiger partial charge is 0.493 e. The molecule has 2 heterocycles. The Hall–Kier alpha value is -3.56. The van der Waals surface area contributed by atoms with E-state index in [2.05, 4.69) is 16.0 Å². The molecule has 0 spiro atoms. The third-order valence-electron chi connectivity index (χ3n) is 8.68. The quantitative estimate of drug-likeness (QED) is 0.177. The van der Waals surface area contributed by atoms with Crippen molar-refractivity contribution < 1.29 is 40.7 Å². The lowest BCUT2D eigenvalue weighted by molar-refractivity contribution is -0.148. The molecule has 2 amide bonds. The SMILES string of the molecule is CCOc1cc(C(F)(F)F)ccc1C1(C(=O)N(CC(=O)NCC(F)(F)F)C2CCNCC2)NC(c2ccc(Cl)cc2)C(c2ccc(Cl)cc2)N1. The zero-order valence-corrected chi connectivity index (χ0v) is 28.2. The van der Waals surface area contributed by atoms with Gasteiger partial charge in [0.2, 0.25) is 5.91 Å². The van der Waals surface area contributed by atoms with Gasteiger partial charge >= 0.3 is 12.4 Å². The van der Waals surface area contributed by atoms with Gasteiger partial charge in [0.15, 0.2) is 5.66 Å². The Morgan fingerprint density at radius 2 is 1.42 bits per heavy atom. The molecular formula is C34H35Cl2F6N5O3. The second-order valence-corrected chi connectivity index (χ2v) is 12.9. The molecule has 0 aromatic heterocycles. The Bertz CT molecular complexity index is 1600. The highest BCUT2D eigenvalue weighted by atomic mass is 35.5. The minimum atomic E-state index is -4.74. The molecule has 3 aromatic rings. The molecule has 0 bridgehead atoms. The lowest BCUT2D eigenvalue weighted by atomic mass is 9.93. The van der Waals surface area contributed by atoms with E-state index in [1.54, 1.807) is 55.5 Å². The van der Waals surface area contributed by atoms with Crippen LogP contribution in [0.4, 0.5) is 26.3 Å². The van der Waals surface area contributed by atoms with Gasteiger partial charge in [-0.1, -0.05) is 53.5 Å². The van der Waals surface area contributed by atoms with E-state index in [0.29, 0.717) is 47.1 Å². The van der Waals surface area contributed by atoms with Gasteiger partial charge in [-0.25, -0.2) is 0 Å². The van der Waals surface area contributed by atoms with Gasteiger partial charge in [-0.15, -0.1) is 0 Å². The first kappa shape index (κ1) is 37.7. The third-order valence-corrected chi connectivity index (χ3v) is 9.18. The monoisotopic (exact) mass is 745 g/mol. The van der Waals surface area contributed by atoms with Gasteiger partial charge < -0.3 is 20.3 Å². The summed E-state index contributed by atoms with van der Waals surface area (Å²) in [7, 11) is 0. The molecule has 0 radical (unpaired) electrons. The highest BCUT2D eigenvalue weighted by Gasteiger charge is 2.55. The minimum absolute atomic E-state index is 0.0117. The second-order valence-electron chi connectivity index (χ2n) is 12.0. The van der Waals surface area contributed by atoms with E-state index < -0.39 is 66.6 Å². The number of nitrogens with one attached hydrogen (secondary N) is 4. The van der Waals surface area contributed by atoms with Gasteiger partial charge in [-0.3, -0.25) is 20.2 Å². The van der Waals surface area contributed by atoms with Gasteiger partial charge in [-0.2, -0.15) is 26.3 Å². The summed E-state index contributed by atoms with van der Waals surface area (Å²) in [6.07, 6.45) is -8.71. The summed E-state index contributed by atoms with van der Waals surface area (Å²) >= 11 is 12.4. The molecule has 270 valence electrons. The van der Waals surface area contributed by atoms with Crippen LogP contribution >= 0.6 is 23.2 Å². The average Bonchev–Trinajstić information content (AvgIpc) is 3.48. The number of carbonyl (C=O) groups is 2. The molecule has 4 N–H and O–H groups in total. The topological polar surface area (TPSA) is 94.7 Å². The molecule has 2 saturated heterocycles. The van der Waals surface area contributed by atoms with Crippen molar-refractivity contribution in [2.75, 3.05) is 32.8 Å². The molecular weight excluding hydrogens is 711 g/mol. The number of carbonyl (C=O) groups excluding carboxylic acids is 2. The summed E-state index contributed by atoms with van der Waals surface area (Å²) in [6, 6.07) is 14.2. The van der Waals surface area contributed by atoms with E-state index in [1.807, 2.05) is 5.32 Å². The minimum Gasteiger partial charge on any atom is -0.493 e. The van der Waals surface area contributed by atoms with Crippen molar-refractivity contribution in [1.29, 1.82) is 0 Å². The third kappa shape index (κ3) is 8.65. The van der Waals surface area contributed by atoms with Crippen LogP contribution in [0.5, 0.6) is 5.75 Å². The van der Waals surface area contributed by atoms with E-state index >= 15 is 4.79 Å². The van der Waals surface area contributed by atoms with Crippen LogP contribution in [-0.2, 0) is 21.4 Å². The van der Waals surface area contributed by atoms with Crippen molar-refractivity contribution in [1.82, 2.24) is 26.2 Å². The number of rotatable bonds is 10. The van der Waals surface area contributed by atoms with Crippen LogP contribution in [0.3, 0.4) is 0 Å². The van der Waals surface area contributed by atoms with E-state index in [4.69, 9.17) is 27.9 Å². The van der Waals surface area contributed by atoms with E-state index in [9.17, 15) is 31.1 Å². The van der Waals surface area contributed by atoms with Crippen LogP contribution in [0, 0.1) is 0 Å². The summed E-state index contributed by atoms with van der Waals surface area (Å²) in [5.74, 6) is -2.10. The summed E-state index contributed by atoms with van der Waals surface area (Å²) in [5.41, 5.74) is -1.79. The number of piperidine rings is 1. The first-order valence-corrected chi connectivity index (χ1v) is 16.6. The van der Waals surface area contributed by atoms with Crippen molar-refractivity contribution in [2.24, 2.45) is 0 Å². The number of benzene rings is 3. The van der Waals surface area contributed by atoms with Crippen molar-refractivity contribution in [3.8, 4) is 5.75 Å². The van der Waals surface area contributed by atoms with Gasteiger partial charge in [0.25, 0.3) is 5.91 Å². The van der Waals surface area contributed by atoms with Gasteiger partial charge in [-0.05, 0) is 80.4 Å². The van der Waals surface area contributed by atoms with Crippen LogP contribution < -0.4 is 26.0 Å². The first-order chi connectivity index (χ1) is 23.6. The lowest BCUT2D eigenvalue weighted by Gasteiger charge is -2.41. The maximum Gasteiger partial charge on any atom is 0.416 e. The fraction of sp³-hybridized carbons (Fsp3) is 0.412. The van der Waals surface area contributed by atoms with Crippen molar-refractivity contribution in [3.05, 3.63) is 99.0 Å². The van der Waals surface area contributed by atoms with E-state index in [-0.39, 0.29) is 17.9 Å². The molecule has 16 heteroatoms. The lowest BCUT2D eigenvalue weighted by Crippen LogP contribution is -2.63. The van der Waals surface area contributed by atoms with E-state index in [1.165, 1.54) is 4.90 Å². The molecule has 2 unspecified atom stereocenters. The van der Waals surface area contributed by atoms with E-state index in [0.717, 1.165) is 18.2 Å². The molecule has 8 nitrogen and oxygen atoms in total. The first-order valence-electron chi connectivity index (χ1n) is 15.9. The summed E-state index contributed by atoms with van der Waals surface area (Å²) < 4.78 is 86.8. The molecule has 50 heavy (non-hydrogen) atoms. The summed E-state index contributed by atoms with van der Waals surface area (Å²) in [5, 5.41) is 12.6. The highest BCUT2D eigenvalue weighted by Crippen LogP contribution is 2.46. The predicted octanol–water partition coefficient (Wildman–Crippen LogP) is 6.50. The van der Waals surface area contributed by atoms with Crippen LogP contribution in [0.15, 0.2) is 66.7 Å². The Morgan fingerprint density at radius 1 is 0.880 bits per heavy atom. The molecule has 2 aliphatic heterocycles. The van der Waals surface area contributed by atoms with Gasteiger partial charge in [0.05, 0.1) is 30.8 Å². The number of hydrogen-bond acceptors (Lipinski definition) is 6. The number of amides is 2. The number of halogens is 8. The number of hydrogen-bond donors (Lipinski definition) is 4. The fourth-order valence-corrected chi connectivity index (χ4v) is 6.61. The second kappa shape index (κ2) is 15.4. The molecule has 2 atom stereocenters. The molecule has 5 rings (SSSR count). The maximum atomic E-state index is 15.3. The van der Waals surface area contributed by atoms with Gasteiger partial charge in [0, 0.05) is 21.7 Å². The number of ether oxygens (including phenoxy) is 1. The number of alkyl halides is 6. The average molecular weight is 747 g/mol. The normalized spacial score (nSPS) is 21.5. The van der Waals surface area contributed by atoms with Crippen molar-refractivity contribution in [2.45, 2.75) is 55.9 Å². The summed E-state index contributed by atoms with van der Waals surface area (Å²) in [6.45, 7) is 0.0828. The van der Waals surface area contributed by atoms with Crippen LogP contribution in [0.1, 0.15) is 54.1 Å². The van der Waals surface area contributed by atoms with Gasteiger partial charge in [0.1, 0.15) is 12.3 Å². The molecule has 2 fully saturated rings. The molecule has 0 aliphatic carbocycles. The molecule has 2 aliphatic rings. The maximum absolute atomic E-state index is 15.3. The highest BCUT2D eigenvalue weighted by molar-refractivity contribution is 6.30. The smallest absolute Gasteiger partial charge is 0.416 e. The van der Waals surface area contributed by atoms with Crippen LogP contribution in [0.25, 0.3) is 0 Å². The van der Waals surface area contributed by atoms with Crippen molar-refractivity contribution >= 4 is 35.0 Å². The van der Waals surface area contributed by atoms with Crippen molar-refractivity contribution in [3.63, 3.8) is 0 Å². The number of nitrogens with zero attached hydrogens (tertiary/aromatic N) is 1. The summed E-state index contributed by atoms with van der Waals surface area (Å²) in [4.78, 5) is 29.5. The Balaban J connectivity index is 1.70. The Labute approximate surface area is 294 Å². The van der Waals surface area contributed by atoms with Crippen LogP contribution in [-0.4, -0.2) is 61.7 Å². The fourth-order valence-electron chi connectivity index (χ4n) is 6.35. The Morgan fingerprint density at radius 3 is 1.90 bits per heavy atom. The predicted molar refractivity (Wildman–Crippen MR) is 176 cm³/mol.